The molecular formula is C10H23NSi. The van der Waals surface area contributed by atoms with Crippen LogP contribution in [0.2, 0.25) is 25.7 Å². The molecule has 72 valence electrons. The van der Waals surface area contributed by atoms with Crippen molar-refractivity contribution in [3.63, 3.8) is 0 Å². The topological polar surface area (TPSA) is 12.4 Å². The molecule has 0 spiro atoms. The molecule has 0 fully saturated rings. The van der Waals surface area contributed by atoms with Gasteiger partial charge in [-0.1, -0.05) is 33.0 Å². The molecule has 2 heteroatoms. The van der Waals surface area contributed by atoms with Crippen molar-refractivity contribution in [3.8, 4) is 0 Å². The Bertz CT molecular complexity index is 144. The first-order valence-corrected chi connectivity index (χ1v) is 8.66. The smallest absolute Gasteiger partial charge is 0.0502 e. The van der Waals surface area contributed by atoms with Crippen LogP contribution in [0.1, 0.15) is 26.7 Å². The molecule has 0 N–H and O–H groups in total. The second kappa shape index (κ2) is 5.52. The summed E-state index contributed by atoms with van der Waals surface area (Å²) in [5.41, 5.74) is 1.36. The van der Waals surface area contributed by atoms with Crippen LogP contribution in [0.15, 0.2) is 4.99 Å². The standard InChI is InChI=1S/C10H23NSi/c1-6-7-8-11-10(2)9-12(3,4)5/h6-9H2,1-5H3. The number of aliphatic imine (C=N–C) groups is 1. The van der Waals surface area contributed by atoms with Gasteiger partial charge in [-0.05, 0) is 19.4 Å². The van der Waals surface area contributed by atoms with Crippen molar-refractivity contribution < 1.29 is 0 Å². The highest BCUT2D eigenvalue weighted by molar-refractivity contribution is 6.78. The number of rotatable bonds is 5. The SMILES string of the molecule is CCCCN=C(C)C[Si](C)(C)C. The molecule has 0 amide bonds. The highest BCUT2D eigenvalue weighted by Crippen LogP contribution is 2.09. The van der Waals surface area contributed by atoms with Gasteiger partial charge in [-0.25, -0.2) is 0 Å². The Hall–Kier alpha value is -0.113. The Labute approximate surface area is 78.3 Å². The fourth-order valence-corrected chi connectivity index (χ4v) is 2.90. The lowest BCUT2D eigenvalue weighted by molar-refractivity contribution is 0.807. The number of nitrogens with zero attached hydrogens (tertiary/aromatic N) is 1. The van der Waals surface area contributed by atoms with Gasteiger partial charge in [0.05, 0.1) is 8.07 Å². The predicted octanol–water partition coefficient (Wildman–Crippen LogP) is 3.59. The first kappa shape index (κ1) is 11.9. The summed E-state index contributed by atoms with van der Waals surface area (Å²) in [5.74, 6) is 0. The van der Waals surface area contributed by atoms with Crippen LogP contribution in [-0.4, -0.2) is 20.3 Å². The van der Waals surface area contributed by atoms with E-state index in [1.54, 1.807) is 0 Å². The molecule has 0 heterocycles. The van der Waals surface area contributed by atoms with Gasteiger partial charge in [0.1, 0.15) is 0 Å². The van der Waals surface area contributed by atoms with Crippen LogP contribution >= 0.6 is 0 Å². The molecule has 0 saturated heterocycles. The lowest BCUT2D eigenvalue weighted by atomic mass is 10.3. The van der Waals surface area contributed by atoms with Gasteiger partial charge in [0.25, 0.3) is 0 Å². The Morgan fingerprint density at radius 3 is 2.25 bits per heavy atom. The van der Waals surface area contributed by atoms with Gasteiger partial charge in [0.2, 0.25) is 0 Å². The van der Waals surface area contributed by atoms with Crippen molar-refractivity contribution in [1.82, 2.24) is 0 Å². The lowest BCUT2D eigenvalue weighted by Crippen LogP contribution is -2.22. The normalized spacial score (nSPS) is 13.6. The minimum Gasteiger partial charge on any atom is -0.295 e. The second-order valence-electron chi connectivity index (χ2n) is 4.71. The van der Waals surface area contributed by atoms with Crippen molar-refractivity contribution in [2.24, 2.45) is 4.99 Å². The van der Waals surface area contributed by atoms with Crippen LogP contribution in [0.25, 0.3) is 0 Å². The molecule has 12 heavy (non-hydrogen) atoms. The van der Waals surface area contributed by atoms with Gasteiger partial charge in [0.15, 0.2) is 0 Å². The number of hydrogen-bond acceptors (Lipinski definition) is 1. The minimum atomic E-state index is -0.911. The van der Waals surface area contributed by atoms with E-state index in [9.17, 15) is 0 Å². The molecule has 0 aliphatic rings. The number of hydrogen-bond donors (Lipinski definition) is 0. The zero-order chi connectivity index (χ0) is 9.61. The largest absolute Gasteiger partial charge is 0.295 e. The molecule has 0 saturated carbocycles. The molecule has 0 aliphatic carbocycles. The maximum absolute atomic E-state index is 4.55. The van der Waals surface area contributed by atoms with Crippen molar-refractivity contribution >= 4 is 13.8 Å². The van der Waals surface area contributed by atoms with Gasteiger partial charge < -0.3 is 0 Å². The summed E-state index contributed by atoms with van der Waals surface area (Å²) in [6.07, 6.45) is 2.49. The third-order valence-corrected chi connectivity index (χ3v) is 3.25. The Kier molecular flexibility index (Phi) is 5.47. The molecule has 0 radical (unpaired) electrons. The van der Waals surface area contributed by atoms with E-state index in [-0.39, 0.29) is 0 Å². The van der Waals surface area contributed by atoms with Gasteiger partial charge in [-0.15, -0.1) is 0 Å². The van der Waals surface area contributed by atoms with Crippen LogP contribution in [0, 0.1) is 0 Å². The molecule has 0 unspecified atom stereocenters. The minimum absolute atomic E-state index is 0.911. The van der Waals surface area contributed by atoms with Crippen molar-refractivity contribution in [3.05, 3.63) is 0 Å². The Balaban J connectivity index is 3.70. The fourth-order valence-electron chi connectivity index (χ4n) is 1.25. The molecule has 0 aliphatic heterocycles. The molecule has 0 bridgehead atoms. The van der Waals surface area contributed by atoms with E-state index in [1.807, 2.05) is 0 Å². The van der Waals surface area contributed by atoms with Gasteiger partial charge >= 0.3 is 0 Å². The molecular weight excluding hydrogens is 162 g/mol. The van der Waals surface area contributed by atoms with Crippen LogP contribution in [0.3, 0.4) is 0 Å². The molecule has 0 aromatic heterocycles. The summed E-state index contributed by atoms with van der Waals surface area (Å²) in [7, 11) is -0.911. The zero-order valence-corrected chi connectivity index (χ0v) is 10.3. The second-order valence-corrected chi connectivity index (χ2v) is 10.2. The molecule has 0 atom stereocenters. The number of unbranched alkanes of at least 4 members (excludes halogenated alkanes) is 1. The summed E-state index contributed by atoms with van der Waals surface area (Å²) in [4.78, 5) is 4.55. The fraction of sp³-hybridized carbons (Fsp3) is 0.900. The van der Waals surface area contributed by atoms with E-state index in [1.165, 1.54) is 24.6 Å². The van der Waals surface area contributed by atoms with Gasteiger partial charge in [-0.3, -0.25) is 4.99 Å². The highest BCUT2D eigenvalue weighted by Gasteiger charge is 2.13. The first-order valence-electron chi connectivity index (χ1n) is 4.95. The quantitative estimate of drug-likeness (QED) is 0.353. The molecule has 0 aromatic rings. The molecule has 0 aromatic carbocycles. The van der Waals surface area contributed by atoms with E-state index in [0.717, 1.165) is 6.54 Å². The van der Waals surface area contributed by atoms with E-state index in [2.05, 4.69) is 38.5 Å². The molecule has 0 rings (SSSR count). The summed E-state index contributed by atoms with van der Waals surface area (Å²) < 4.78 is 0. The molecule has 1 nitrogen and oxygen atoms in total. The van der Waals surface area contributed by atoms with Gasteiger partial charge in [0, 0.05) is 12.3 Å². The Morgan fingerprint density at radius 2 is 1.83 bits per heavy atom. The van der Waals surface area contributed by atoms with E-state index in [4.69, 9.17) is 0 Å². The van der Waals surface area contributed by atoms with Gasteiger partial charge in [-0.2, -0.15) is 0 Å². The van der Waals surface area contributed by atoms with E-state index < -0.39 is 8.07 Å². The van der Waals surface area contributed by atoms with E-state index in [0.29, 0.717) is 0 Å². The summed E-state index contributed by atoms with van der Waals surface area (Å²) in [6, 6.07) is 1.26. The van der Waals surface area contributed by atoms with E-state index >= 15 is 0 Å². The third kappa shape index (κ3) is 7.99. The summed E-state index contributed by atoms with van der Waals surface area (Å²) in [6.45, 7) is 12.6. The maximum Gasteiger partial charge on any atom is 0.0502 e. The van der Waals surface area contributed by atoms with Crippen molar-refractivity contribution in [1.29, 1.82) is 0 Å². The van der Waals surface area contributed by atoms with Crippen LogP contribution < -0.4 is 0 Å². The first-order chi connectivity index (χ1) is 5.45. The highest BCUT2D eigenvalue weighted by atomic mass is 28.3. The van der Waals surface area contributed by atoms with Crippen LogP contribution in [0.5, 0.6) is 0 Å². The lowest BCUT2D eigenvalue weighted by Gasteiger charge is -2.14. The summed E-state index contributed by atoms with van der Waals surface area (Å²) in [5, 5.41) is 0. The van der Waals surface area contributed by atoms with Crippen molar-refractivity contribution in [2.75, 3.05) is 6.54 Å². The average Bonchev–Trinajstić information content (AvgIpc) is 1.84. The monoisotopic (exact) mass is 185 g/mol. The Morgan fingerprint density at radius 1 is 1.25 bits per heavy atom. The third-order valence-electron chi connectivity index (χ3n) is 1.68. The average molecular weight is 185 g/mol. The zero-order valence-electron chi connectivity index (χ0n) is 9.28. The van der Waals surface area contributed by atoms with Crippen LogP contribution in [-0.2, 0) is 0 Å². The van der Waals surface area contributed by atoms with Crippen LogP contribution in [0.4, 0.5) is 0 Å². The summed E-state index contributed by atoms with van der Waals surface area (Å²) >= 11 is 0. The maximum atomic E-state index is 4.55. The van der Waals surface area contributed by atoms with Crippen molar-refractivity contribution in [2.45, 2.75) is 52.4 Å². The predicted molar refractivity (Wildman–Crippen MR) is 61.0 cm³/mol.